The number of nitrogens with zero attached hydrogens (tertiary/aromatic N) is 1. The molecule has 3 rings (SSSR count). The summed E-state index contributed by atoms with van der Waals surface area (Å²) in [7, 11) is 0. The monoisotopic (exact) mass is 293 g/mol. The predicted octanol–water partition coefficient (Wildman–Crippen LogP) is 0.457. The molecular formula is C13H15N3O5. The molecule has 8 heteroatoms. The molecule has 1 unspecified atom stereocenters. The second-order valence-corrected chi connectivity index (χ2v) is 4.97. The van der Waals surface area contributed by atoms with Crippen molar-refractivity contribution < 1.29 is 19.2 Å². The van der Waals surface area contributed by atoms with Crippen molar-refractivity contribution in [2.45, 2.75) is 12.5 Å². The summed E-state index contributed by atoms with van der Waals surface area (Å²) in [6, 6.07) is 2.90. The van der Waals surface area contributed by atoms with E-state index in [1.165, 1.54) is 12.1 Å². The van der Waals surface area contributed by atoms with Crippen molar-refractivity contribution in [1.82, 2.24) is 5.32 Å². The lowest BCUT2D eigenvalue weighted by Crippen LogP contribution is -2.41. The molecule has 0 bridgehead atoms. The van der Waals surface area contributed by atoms with Gasteiger partial charge in [-0.25, -0.2) is 0 Å². The minimum Gasteiger partial charge on any atom is -0.484 e. The zero-order valence-corrected chi connectivity index (χ0v) is 11.3. The molecule has 0 aromatic heterocycles. The lowest BCUT2D eigenvalue weighted by atomic mass is 10.1. The highest BCUT2D eigenvalue weighted by Crippen LogP contribution is 2.36. The third-order valence-electron chi connectivity index (χ3n) is 3.44. The van der Waals surface area contributed by atoms with Crippen molar-refractivity contribution in [1.29, 1.82) is 0 Å². The summed E-state index contributed by atoms with van der Waals surface area (Å²) in [4.78, 5) is 22.0. The smallest absolute Gasteiger partial charge is 0.311 e. The van der Waals surface area contributed by atoms with Gasteiger partial charge in [0.05, 0.1) is 18.0 Å². The quantitative estimate of drug-likeness (QED) is 0.617. The minimum absolute atomic E-state index is 0.131. The zero-order valence-electron chi connectivity index (χ0n) is 11.3. The first-order valence-corrected chi connectivity index (χ1v) is 6.70. The number of morpholine rings is 1. The topological polar surface area (TPSA) is 103 Å². The van der Waals surface area contributed by atoms with E-state index in [4.69, 9.17) is 9.47 Å². The maximum Gasteiger partial charge on any atom is 0.311 e. The lowest BCUT2D eigenvalue weighted by Gasteiger charge is -2.23. The van der Waals surface area contributed by atoms with Crippen LogP contribution in [0.2, 0.25) is 0 Å². The van der Waals surface area contributed by atoms with E-state index >= 15 is 0 Å². The Kier molecular flexibility index (Phi) is 3.72. The molecule has 2 aliphatic heterocycles. The molecule has 1 atom stereocenters. The molecule has 2 aliphatic rings. The highest BCUT2D eigenvalue weighted by Gasteiger charge is 2.26. The second kappa shape index (κ2) is 5.66. The number of nitro groups is 1. The molecule has 1 aromatic carbocycles. The molecule has 1 saturated heterocycles. The van der Waals surface area contributed by atoms with Crippen LogP contribution in [0.1, 0.15) is 5.56 Å². The van der Waals surface area contributed by atoms with Crippen LogP contribution in [0.4, 0.5) is 11.4 Å². The van der Waals surface area contributed by atoms with E-state index in [0.717, 1.165) is 6.54 Å². The number of amides is 1. The van der Waals surface area contributed by atoms with Crippen LogP contribution < -0.4 is 15.4 Å². The van der Waals surface area contributed by atoms with Gasteiger partial charge in [0.1, 0.15) is 12.7 Å². The minimum atomic E-state index is -0.502. The number of hydrogen-bond acceptors (Lipinski definition) is 6. The second-order valence-electron chi connectivity index (χ2n) is 4.97. The van der Waals surface area contributed by atoms with E-state index in [9.17, 15) is 14.9 Å². The molecule has 112 valence electrons. The average Bonchev–Trinajstić information content (AvgIpc) is 2.84. The normalized spacial score (nSPS) is 20.8. The zero-order chi connectivity index (χ0) is 14.8. The van der Waals surface area contributed by atoms with Crippen molar-refractivity contribution in [3.8, 4) is 5.75 Å². The van der Waals surface area contributed by atoms with Gasteiger partial charge in [-0.05, 0) is 5.56 Å². The van der Waals surface area contributed by atoms with Crippen molar-refractivity contribution in [3.05, 3.63) is 27.8 Å². The number of anilines is 1. The fourth-order valence-corrected chi connectivity index (χ4v) is 2.41. The number of benzene rings is 1. The molecule has 1 amide bonds. The van der Waals surface area contributed by atoms with Crippen LogP contribution in [0.5, 0.6) is 5.75 Å². The number of rotatable bonds is 4. The summed E-state index contributed by atoms with van der Waals surface area (Å²) in [6.45, 7) is 2.26. The first kappa shape index (κ1) is 13.8. The Morgan fingerprint density at radius 3 is 3.05 bits per heavy atom. The Bertz CT molecular complexity index is 583. The summed E-state index contributed by atoms with van der Waals surface area (Å²) < 4.78 is 11.0. The first-order valence-electron chi connectivity index (χ1n) is 6.70. The highest BCUT2D eigenvalue weighted by atomic mass is 16.6. The molecule has 2 N–H and O–H groups in total. The molecule has 0 spiro atoms. The maximum absolute atomic E-state index is 11.3. The third-order valence-corrected chi connectivity index (χ3v) is 3.44. The first-order chi connectivity index (χ1) is 10.1. The van der Waals surface area contributed by atoms with Crippen molar-refractivity contribution in [3.63, 3.8) is 0 Å². The van der Waals surface area contributed by atoms with E-state index in [2.05, 4.69) is 10.6 Å². The van der Waals surface area contributed by atoms with E-state index in [1.54, 1.807) is 0 Å². The van der Waals surface area contributed by atoms with Crippen LogP contribution in [-0.4, -0.2) is 43.2 Å². The van der Waals surface area contributed by atoms with Gasteiger partial charge in [-0.2, -0.15) is 0 Å². The number of fused-ring (bicyclic) bond motifs is 1. The highest BCUT2D eigenvalue weighted by molar-refractivity contribution is 5.99. The number of nitro benzene ring substituents is 1. The molecule has 2 heterocycles. The average molecular weight is 293 g/mol. The van der Waals surface area contributed by atoms with Crippen LogP contribution in [-0.2, 0) is 16.0 Å². The van der Waals surface area contributed by atoms with E-state index in [-0.39, 0.29) is 36.5 Å². The van der Waals surface area contributed by atoms with Crippen molar-refractivity contribution in [2.24, 2.45) is 0 Å². The predicted molar refractivity (Wildman–Crippen MR) is 73.5 cm³/mol. The van der Waals surface area contributed by atoms with Gasteiger partial charge in [0.25, 0.3) is 0 Å². The van der Waals surface area contributed by atoms with Gasteiger partial charge >= 0.3 is 5.69 Å². The summed E-state index contributed by atoms with van der Waals surface area (Å²) in [5.41, 5.74) is 1.06. The summed E-state index contributed by atoms with van der Waals surface area (Å²) in [5, 5.41) is 16.9. The molecule has 0 saturated carbocycles. The number of hydrogen-bond donors (Lipinski definition) is 2. The largest absolute Gasteiger partial charge is 0.484 e. The van der Waals surface area contributed by atoms with E-state index in [0.29, 0.717) is 24.4 Å². The summed E-state index contributed by atoms with van der Waals surface area (Å²) in [5.74, 6) is -0.0219. The SMILES string of the molecule is O=C1Cc2cc([N+](=O)[O-])c(OCC3CNCCO3)cc2N1. The third kappa shape index (κ3) is 2.96. The van der Waals surface area contributed by atoms with Gasteiger partial charge in [-0.15, -0.1) is 0 Å². The van der Waals surface area contributed by atoms with Crippen LogP contribution >= 0.6 is 0 Å². The van der Waals surface area contributed by atoms with Crippen LogP contribution in [0.15, 0.2) is 12.1 Å². The Balaban J connectivity index is 1.78. The molecule has 21 heavy (non-hydrogen) atoms. The Morgan fingerprint density at radius 1 is 1.48 bits per heavy atom. The Morgan fingerprint density at radius 2 is 2.33 bits per heavy atom. The van der Waals surface area contributed by atoms with Gasteiger partial charge in [0.2, 0.25) is 5.91 Å². The van der Waals surface area contributed by atoms with Gasteiger partial charge < -0.3 is 20.1 Å². The molecule has 1 aromatic rings. The van der Waals surface area contributed by atoms with E-state index in [1.807, 2.05) is 0 Å². The summed E-state index contributed by atoms with van der Waals surface area (Å²) in [6.07, 6.45) is 0.0211. The maximum atomic E-state index is 11.3. The molecule has 0 aliphatic carbocycles. The number of carbonyl (C=O) groups excluding carboxylic acids is 1. The van der Waals surface area contributed by atoms with Gasteiger partial charge in [-0.1, -0.05) is 0 Å². The molecule has 8 nitrogen and oxygen atoms in total. The molecule has 0 radical (unpaired) electrons. The fraction of sp³-hybridized carbons (Fsp3) is 0.462. The van der Waals surface area contributed by atoms with Gasteiger partial charge in [-0.3, -0.25) is 14.9 Å². The number of ether oxygens (including phenoxy) is 2. The lowest BCUT2D eigenvalue weighted by molar-refractivity contribution is -0.386. The molecule has 1 fully saturated rings. The van der Waals surface area contributed by atoms with Crippen molar-refractivity contribution >= 4 is 17.3 Å². The number of carbonyl (C=O) groups is 1. The fourth-order valence-electron chi connectivity index (χ4n) is 2.41. The van der Waals surface area contributed by atoms with E-state index < -0.39 is 4.92 Å². The van der Waals surface area contributed by atoms with Crippen molar-refractivity contribution in [2.75, 3.05) is 31.6 Å². The molecular weight excluding hydrogens is 278 g/mol. The number of nitrogens with one attached hydrogen (secondary N) is 2. The summed E-state index contributed by atoms with van der Waals surface area (Å²) >= 11 is 0. The van der Waals surface area contributed by atoms with Crippen LogP contribution in [0, 0.1) is 10.1 Å². The Labute approximate surface area is 120 Å². The van der Waals surface area contributed by atoms with Gasteiger partial charge in [0.15, 0.2) is 5.75 Å². The van der Waals surface area contributed by atoms with Gasteiger partial charge in [0, 0.05) is 30.9 Å². The van der Waals surface area contributed by atoms with Crippen LogP contribution in [0.25, 0.3) is 0 Å². The Hall–Kier alpha value is -2.19. The van der Waals surface area contributed by atoms with Crippen LogP contribution in [0.3, 0.4) is 0 Å². The standard InChI is InChI=1S/C13H15N3O5/c17-13-4-8-3-11(16(18)19)12(5-10(8)15-13)21-7-9-6-14-1-2-20-9/h3,5,9,14H,1-2,4,6-7H2,(H,15,17).